The van der Waals surface area contributed by atoms with Gasteiger partial charge in [0.2, 0.25) is 0 Å². The second-order valence-electron chi connectivity index (χ2n) is 4.47. The molecule has 7 heteroatoms. The van der Waals surface area contributed by atoms with Crippen molar-refractivity contribution in [1.82, 2.24) is 14.8 Å². The Hall–Kier alpha value is -2.25. The molecule has 0 saturated carbocycles. The molecule has 2 N–H and O–H groups in total. The van der Waals surface area contributed by atoms with Crippen LogP contribution in [-0.2, 0) is 0 Å². The monoisotopic (exact) mass is 317 g/mol. The molecule has 0 atom stereocenters. The van der Waals surface area contributed by atoms with Crippen LogP contribution >= 0.6 is 23.6 Å². The van der Waals surface area contributed by atoms with E-state index in [1.54, 1.807) is 40.2 Å². The van der Waals surface area contributed by atoms with Gasteiger partial charge in [-0.2, -0.15) is 5.10 Å². The molecular weight excluding hydrogens is 306 g/mol. The fourth-order valence-corrected chi connectivity index (χ4v) is 3.19. The minimum Gasteiger partial charge on any atom is -0.478 e. The molecule has 0 amide bonds. The molecule has 3 aromatic rings. The van der Waals surface area contributed by atoms with Crippen LogP contribution in [0.2, 0.25) is 0 Å². The smallest absolute Gasteiger partial charge is 0.335 e. The van der Waals surface area contributed by atoms with E-state index in [9.17, 15) is 4.79 Å². The fraction of sp³-hybridized carbons (Fsp3) is 0.0714. The number of H-pyrrole nitrogens is 1. The molecule has 1 aromatic carbocycles. The predicted molar refractivity (Wildman–Crippen MR) is 83.8 cm³/mol. The molecule has 0 spiro atoms. The van der Waals surface area contributed by atoms with Crippen molar-refractivity contribution in [3.8, 4) is 16.4 Å². The van der Waals surface area contributed by atoms with Crippen LogP contribution in [0, 0.1) is 11.7 Å². The van der Waals surface area contributed by atoms with Crippen LogP contribution in [0.25, 0.3) is 16.4 Å². The van der Waals surface area contributed by atoms with Gasteiger partial charge in [-0.15, -0.1) is 11.3 Å². The Morgan fingerprint density at radius 2 is 2.05 bits per heavy atom. The summed E-state index contributed by atoms with van der Waals surface area (Å²) in [7, 11) is 0. The predicted octanol–water partition coefficient (Wildman–Crippen LogP) is 3.67. The first-order valence-corrected chi connectivity index (χ1v) is 7.42. The average molecular weight is 317 g/mol. The molecular formula is C14H11N3O2S2. The van der Waals surface area contributed by atoms with E-state index >= 15 is 0 Å². The summed E-state index contributed by atoms with van der Waals surface area (Å²) in [5, 5.41) is 18.0. The first kappa shape index (κ1) is 13.7. The largest absolute Gasteiger partial charge is 0.478 e. The Kier molecular flexibility index (Phi) is 3.44. The summed E-state index contributed by atoms with van der Waals surface area (Å²) in [6.45, 7) is 2.02. The number of carboxylic acid groups (broad SMARTS) is 1. The number of rotatable bonds is 3. The summed E-state index contributed by atoms with van der Waals surface area (Å²) in [6, 6.07) is 8.58. The number of aromatic amines is 1. The Morgan fingerprint density at radius 3 is 2.62 bits per heavy atom. The third kappa shape index (κ3) is 2.41. The minimum absolute atomic E-state index is 0.239. The van der Waals surface area contributed by atoms with Crippen LogP contribution in [0.1, 0.15) is 15.9 Å². The zero-order valence-electron chi connectivity index (χ0n) is 11.0. The molecule has 2 aromatic heterocycles. The highest BCUT2D eigenvalue weighted by molar-refractivity contribution is 7.71. The zero-order chi connectivity index (χ0) is 15.0. The van der Waals surface area contributed by atoms with Crippen molar-refractivity contribution in [2.24, 2.45) is 0 Å². The number of hydrogen-bond acceptors (Lipinski definition) is 4. The van der Waals surface area contributed by atoms with Gasteiger partial charge >= 0.3 is 5.97 Å². The second-order valence-corrected chi connectivity index (χ2v) is 5.78. The molecule has 2 heterocycles. The first-order valence-electron chi connectivity index (χ1n) is 6.13. The number of aryl methyl sites for hydroxylation is 1. The number of nitrogens with zero attached hydrogens (tertiary/aromatic N) is 2. The van der Waals surface area contributed by atoms with Gasteiger partial charge in [0.1, 0.15) is 0 Å². The number of nitrogens with one attached hydrogen (secondary N) is 1. The van der Waals surface area contributed by atoms with E-state index in [1.165, 1.54) is 0 Å². The Morgan fingerprint density at radius 1 is 1.33 bits per heavy atom. The van der Waals surface area contributed by atoms with Crippen molar-refractivity contribution in [2.45, 2.75) is 6.92 Å². The van der Waals surface area contributed by atoms with E-state index in [2.05, 4.69) is 10.2 Å². The molecule has 0 saturated heterocycles. The quantitative estimate of drug-likeness (QED) is 0.723. The van der Waals surface area contributed by atoms with Crippen LogP contribution < -0.4 is 0 Å². The number of thiophene rings is 1. The van der Waals surface area contributed by atoms with Gasteiger partial charge in [0, 0.05) is 0 Å². The molecule has 5 nitrogen and oxygen atoms in total. The summed E-state index contributed by atoms with van der Waals surface area (Å²) in [5.74, 6) is -0.220. The molecule has 0 aliphatic carbocycles. The average Bonchev–Trinajstić information content (AvgIpc) is 3.04. The van der Waals surface area contributed by atoms with E-state index in [4.69, 9.17) is 17.3 Å². The molecule has 3 rings (SSSR count). The maximum atomic E-state index is 10.9. The summed E-state index contributed by atoms with van der Waals surface area (Å²) < 4.78 is 2.28. The molecule has 21 heavy (non-hydrogen) atoms. The van der Waals surface area contributed by atoms with Crippen LogP contribution in [0.4, 0.5) is 0 Å². The topological polar surface area (TPSA) is 70.9 Å². The van der Waals surface area contributed by atoms with Gasteiger partial charge in [-0.05, 0) is 60.4 Å². The highest BCUT2D eigenvalue weighted by Crippen LogP contribution is 2.29. The highest BCUT2D eigenvalue weighted by Gasteiger charge is 2.14. The van der Waals surface area contributed by atoms with Gasteiger partial charge in [0.25, 0.3) is 0 Å². The molecule has 0 unspecified atom stereocenters. The van der Waals surface area contributed by atoms with Crippen LogP contribution in [-0.4, -0.2) is 25.8 Å². The normalized spacial score (nSPS) is 10.7. The lowest BCUT2D eigenvalue weighted by atomic mass is 10.2. The molecule has 0 radical (unpaired) electrons. The standard InChI is InChI=1S/C14H11N3O2S2/c1-8-6-7-21-11(8)12-15-16-14(20)17(12)10-4-2-9(3-5-10)13(18)19/h2-7H,1H3,(H,16,20)(H,18,19). The Labute approximate surface area is 129 Å². The SMILES string of the molecule is Cc1ccsc1-c1n[nH]c(=S)n1-c1ccc(C(=O)O)cc1. The number of aromatic nitrogens is 3. The molecule has 106 valence electrons. The highest BCUT2D eigenvalue weighted by atomic mass is 32.1. The number of carbonyl (C=O) groups is 1. The van der Waals surface area contributed by atoms with Crippen molar-refractivity contribution in [2.75, 3.05) is 0 Å². The molecule has 0 aliphatic heterocycles. The van der Waals surface area contributed by atoms with E-state index in [0.29, 0.717) is 4.77 Å². The van der Waals surface area contributed by atoms with Gasteiger partial charge in [-0.3, -0.25) is 9.67 Å². The molecule has 0 bridgehead atoms. The van der Waals surface area contributed by atoms with Crippen LogP contribution in [0.5, 0.6) is 0 Å². The van der Waals surface area contributed by atoms with Gasteiger partial charge in [0.15, 0.2) is 10.6 Å². The van der Waals surface area contributed by atoms with E-state index in [1.807, 2.05) is 18.4 Å². The van der Waals surface area contributed by atoms with E-state index < -0.39 is 5.97 Å². The number of carboxylic acids is 1. The summed E-state index contributed by atoms with van der Waals surface area (Å²) >= 11 is 6.88. The van der Waals surface area contributed by atoms with Gasteiger partial charge < -0.3 is 5.11 Å². The van der Waals surface area contributed by atoms with E-state index in [0.717, 1.165) is 22.0 Å². The lowest BCUT2D eigenvalue weighted by molar-refractivity contribution is 0.0697. The summed E-state index contributed by atoms with van der Waals surface area (Å²) in [6.07, 6.45) is 0. The van der Waals surface area contributed by atoms with Gasteiger partial charge in [0.05, 0.1) is 16.1 Å². The first-order chi connectivity index (χ1) is 10.1. The van der Waals surface area contributed by atoms with Crippen LogP contribution in [0.15, 0.2) is 35.7 Å². The lowest BCUT2D eigenvalue weighted by Crippen LogP contribution is -2.00. The third-order valence-electron chi connectivity index (χ3n) is 3.11. The van der Waals surface area contributed by atoms with Crippen molar-refractivity contribution < 1.29 is 9.90 Å². The Balaban J connectivity index is 2.15. The van der Waals surface area contributed by atoms with Crippen molar-refractivity contribution in [1.29, 1.82) is 0 Å². The number of hydrogen-bond donors (Lipinski definition) is 2. The summed E-state index contributed by atoms with van der Waals surface area (Å²) in [5.41, 5.74) is 2.14. The van der Waals surface area contributed by atoms with Gasteiger partial charge in [-0.1, -0.05) is 0 Å². The maximum absolute atomic E-state index is 10.9. The molecule has 0 aliphatic rings. The fourth-order valence-electron chi connectivity index (χ4n) is 2.04. The summed E-state index contributed by atoms with van der Waals surface area (Å²) in [4.78, 5) is 12.0. The third-order valence-corrected chi connectivity index (χ3v) is 4.40. The van der Waals surface area contributed by atoms with Crippen molar-refractivity contribution in [3.05, 3.63) is 51.6 Å². The maximum Gasteiger partial charge on any atom is 0.335 e. The zero-order valence-corrected chi connectivity index (χ0v) is 12.7. The Bertz CT molecular complexity index is 859. The van der Waals surface area contributed by atoms with Crippen LogP contribution in [0.3, 0.4) is 0 Å². The minimum atomic E-state index is -0.952. The lowest BCUT2D eigenvalue weighted by Gasteiger charge is -2.06. The van der Waals surface area contributed by atoms with Gasteiger partial charge in [-0.25, -0.2) is 4.79 Å². The molecule has 0 fully saturated rings. The second kappa shape index (κ2) is 5.27. The van der Waals surface area contributed by atoms with Crippen molar-refractivity contribution in [3.63, 3.8) is 0 Å². The number of benzene rings is 1. The van der Waals surface area contributed by atoms with Crippen molar-refractivity contribution >= 4 is 29.5 Å². The number of aromatic carboxylic acids is 1. The van der Waals surface area contributed by atoms with E-state index in [-0.39, 0.29) is 5.56 Å².